The Morgan fingerprint density at radius 3 is 2.53 bits per heavy atom. The molecular formula is C16H25NO2. The van der Waals surface area contributed by atoms with E-state index in [0.29, 0.717) is 6.04 Å². The molecule has 2 N–H and O–H groups in total. The quantitative estimate of drug-likeness (QED) is 0.829. The maximum Gasteiger partial charge on any atom is 0.119 e. The highest BCUT2D eigenvalue weighted by atomic mass is 16.5. The average Bonchev–Trinajstić information content (AvgIpc) is 2.42. The molecule has 0 radical (unpaired) electrons. The first-order chi connectivity index (χ1) is 9.04. The number of aliphatic hydroxyl groups is 1. The molecule has 0 amide bonds. The molecule has 1 aromatic rings. The van der Waals surface area contributed by atoms with Gasteiger partial charge in [0.2, 0.25) is 0 Å². The zero-order chi connectivity index (χ0) is 13.9. The van der Waals surface area contributed by atoms with Crippen molar-refractivity contribution in [1.82, 2.24) is 5.32 Å². The predicted octanol–water partition coefficient (Wildman–Crippen LogP) is 2.72. The number of nitrogens with one attached hydrogen (secondary N) is 1. The van der Waals surface area contributed by atoms with E-state index in [2.05, 4.69) is 38.2 Å². The van der Waals surface area contributed by atoms with Gasteiger partial charge in [-0.15, -0.1) is 0 Å². The Kier molecular flexibility index (Phi) is 4.48. The molecule has 0 aliphatic heterocycles. The third-order valence-corrected chi connectivity index (χ3v) is 4.16. The second-order valence-corrected chi connectivity index (χ2v) is 6.00. The molecule has 3 nitrogen and oxygen atoms in total. The van der Waals surface area contributed by atoms with E-state index in [9.17, 15) is 5.11 Å². The number of benzene rings is 1. The van der Waals surface area contributed by atoms with Crippen molar-refractivity contribution in [3.05, 3.63) is 29.8 Å². The molecule has 0 heterocycles. The molecule has 106 valence electrons. The van der Waals surface area contributed by atoms with Crippen LogP contribution in [0.4, 0.5) is 0 Å². The lowest BCUT2D eigenvalue weighted by molar-refractivity contribution is -0.0729. The minimum absolute atomic E-state index is 0.00974. The number of rotatable bonds is 6. The van der Waals surface area contributed by atoms with E-state index < -0.39 is 0 Å². The van der Waals surface area contributed by atoms with Crippen molar-refractivity contribution in [2.75, 3.05) is 6.61 Å². The van der Waals surface area contributed by atoms with Gasteiger partial charge in [-0.05, 0) is 30.5 Å². The van der Waals surface area contributed by atoms with Crippen molar-refractivity contribution in [2.24, 2.45) is 5.41 Å². The summed E-state index contributed by atoms with van der Waals surface area (Å²) in [6.07, 6.45) is 1.71. The zero-order valence-corrected chi connectivity index (χ0v) is 12.1. The minimum Gasteiger partial charge on any atom is -0.494 e. The van der Waals surface area contributed by atoms with Crippen LogP contribution in [-0.4, -0.2) is 23.9 Å². The smallest absolute Gasteiger partial charge is 0.119 e. The first kappa shape index (κ1) is 14.4. The van der Waals surface area contributed by atoms with Crippen LogP contribution in [-0.2, 0) is 6.54 Å². The van der Waals surface area contributed by atoms with Crippen LogP contribution in [0.1, 0.15) is 39.2 Å². The van der Waals surface area contributed by atoms with Crippen molar-refractivity contribution in [3.8, 4) is 5.75 Å². The number of aliphatic hydroxyl groups excluding tert-OH is 1. The maximum absolute atomic E-state index is 9.71. The lowest BCUT2D eigenvalue weighted by Gasteiger charge is -2.49. The van der Waals surface area contributed by atoms with Gasteiger partial charge in [-0.3, -0.25) is 0 Å². The van der Waals surface area contributed by atoms with E-state index >= 15 is 0 Å². The standard InChI is InChI=1S/C16H25NO2/c1-4-9-19-13-7-5-12(6-8-13)11-17-14-10-15(18)16(14,2)3/h5-8,14-15,17-18H,4,9-11H2,1-3H3. The molecule has 1 aliphatic carbocycles. The van der Waals surface area contributed by atoms with Crippen molar-refractivity contribution < 1.29 is 9.84 Å². The molecule has 3 heteroatoms. The van der Waals surface area contributed by atoms with Crippen LogP contribution in [0.5, 0.6) is 5.75 Å². The largest absolute Gasteiger partial charge is 0.494 e. The van der Waals surface area contributed by atoms with Crippen LogP contribution in [0.2, 0.25) is 0 Å². The number of hydrogen-bond donors (Lipinski definition) is 2. The zero-order valence-electron chi connectivity index (χ0n) is 12.1. The summed E-state index contributed by atoms with van der Waals surface area (Å²) >= 11 is 0. The Balaban J connectivity index is 1.80. The van der Waals surface area contributed by atoms with Crippen molar-refractivity contribution in [3.63, 3.8) is 0 Å². The van der Waals surface area contributed by atoms with Gasteiger partial charge >= 0.3 is 0 Å². The van der Waals surface area contributed by atoms with E-state index in [4.69, 9.17) is 4.74 Å². The van der Waals surface area contributed by atoms with Crippen LogP contribution in [0.3, 0.4) is 0 Å². The Hall–Kier alpha value is -1.06. The first-order valence-electron chi connectivity index (χ1n) is 7.17. The fourth-order valence-corrected chi connectivity index (χ4v) is 2.41. The second kappa shape index (κ2) is 5.93. The summed E-state index contributed by atoms with van der Waals surface area (Å²) < 4.78 is 5.56. The van der Waals surface area contributed by atoms with E-state index in [0.717, 1.165) is 31.7 Å². The Morgan fingerprint density at radius 2 is 2.00 bits per heavy atom. The highest BCUT2D eigenvalue weighted by Crippen LogP contribution is 2.40. The van der Waals surface area contributed by atoms with Gasteiger partial charge < -0.3 is 15.2 Å². The van der Waals surface area contributed by atoms with Gasteiger partial charge in [0.1, 0.15) is 5.75 Å². The van der Waals surface area contributed by atoms with E-state index in [-0.39, 0.29) is 11.5 Å². The normalized spacial score (nSPS) is 24.8. The molecule has 0 spiro atoms. The van der Waals surface area contributed by atoms with Gasteiger partial charge in [-0.1, -0.05) is 32.9 Å². The number of hydrogen-bond acceptors (Lipinski definition) is 3. The van der Waals surface area contributed by atoms with E-state index in [1.807, 2.05) is 12.1 Å². The molecule has 0 aromatic heterocycles. The van der Waals surface area contributed by atoms with E-state index in [1.54, 1.807) is 0 Å². The third kappa shape index (κ3) is 3.28. The summed E-state index contributed by atoms with van der Waals surface area (Å²) in [7, 11) is 0. The van der Waals surface area contributed by atoms with Gasteiger partial charge in [-0.2, -0.15) is 0 Å². The molecule has 0 saturated heterocycles. The van der Waals surface area contributed by atoms with Crippen LogP contribution in [0.25, 0.3) is 0 Å². The Morgan fingerprint density at radius 1 is 1.32 bits per heavy atom. The number of ether oxygens (including phenoxy) is 1. The third-order valence-electron chi connectivity index (χ3n) is 4.16. The Labute approximate surface area is 116 Å². The summed E-state index contributed by atoms with van der Waals surface area (Å²) in [6, 6.07) is 8.64. The van der Waals surface area contributed by atoms with Gasteiger partial charge in [0.25, 0.3) is 0 Å². The molecule has 1 aliphatic rings. The van der Waals surface area contributed by atoms with Gasteiger partial charge in [0.05, 0.1) is 12.7 Å². The fraction of sp³-hybridized carbons (Fsp3) is 0.625. The maximum atomic E-state index is 9.71. The fourth-order valence-electron chi connectivity index (χ4n) is 2.41. The van der Waals surface area contributed by atoms with Gasteiger partial charge in [-0.25, -0.2) is 0 Å². The van der Waals surface area contributed by atoms with Crippen molar-refractivity contribution in [2.45, 2.75) is 52.3 Å². The lowest BCUT2D eigenvalue weighted by Crippen LogP contribution is -2.59. The van der Waals surface area contributed by atoms with Crippen molar-refractivity contribution >= 4 is 0 Å². The highest BCUT2D eigenvalue weighted by molar-refractivity contribution is 5.27. The second-order valence-electron chi connectivity index (χ2n) is 6.00. The molecule has 2 atom stereocenters. The summed E-state index contributed by atoms with van der Waals surface area (Å²) in [4.78, 5) is 0. The van der Waals surface area contributed by atoms with Crippen LogP contribution in [0.15, 0.2) is 24.3 Å². The summed E-state index contributed by atoms with van der Waals surface area (Å²) in [5.41, 5.74) is 1.24. The van der Waals surface area contributed by atoms with Crippen LogP contribution < -0.4 is 10.1 Å². The summed E-state index contributed by atoms with van der Waals surface area (Å²) in [5, 5.41) is 13.2. The van der Waals surface area contributed by atoms with E-state index in [1.165, 1.54) is 5.56 Å². The highest BCUT2D eigenvalue weighted by Gasteiger charge is 2.46. The molecular weight excluding hydrogens is 238 g/mol. The molecule has 1 aromatic carbocycles. The predicted molar refractivity (Wildman–Crippen MR) is 77.3 cm³/mol. The SMILES string of the molecule is CCCOc1ccc(CNC2CC(O)C2(C)C)cc1. The Bertz CT molecular complexity index is 400. The monoisotopic (exact) mass is 263 g/mol. The molecule has 1 saturated carbocycles. The molecule has 1 fully saturated rings. The summed E-state index contributed by atoms with van der Waals surface area (Å²) in [6.45, 7) is 7.94. The van der Waals surface area contributed by atoms with Crippen molar-refractivity contribution in [1.29, 1.82) is 0 Å². The van der Waals surface area contributed by atoms with Gasteiger partial charge in [0.15, 0.2) is 0 Å². The average molecular weight is 263 g/mol. The first-order valence-corrected chi connectivity index (χ1v) is 7.17. The van der Waals surface area contributed by atoms with Crippen LogP contribution >= 0.6 is 0 Å². The minimum atomic E-state index is -0.171. The van der Waals surface area contributed by atoms with Gasteiger partial charge in [0, 0.05) is 18.0 Å². The molecule has 19 heavy (non-hydrogen) atoms. The van der Waals surface area contributed by atoms with Crippen LogP contribution in [0, 0.1) is 5.41 Å². The topological polar surface area (TPSA) is 41.5 Å². The molecule has 2 unspecified atom stereocenters. The lowest BCUT2D eigenvalue weighted by atomic mass is 9.64. The summed E-state index contributed by atoms with van der Waals surface area (Å²) in [5.74, 6) is 0.935. The molecule has 2 rings (SSSR count). The molecule has 0 bridgehead atoms.